The van der Waals surface area contributed by atoms with Crippen LogP contribution >= 0.6 is 0 Å². The van der Waals surface area contributed by atoms with Crippen LogP contribution in [0.1, 0.15) is 16.1 Å². The Morgan fingerprint density at radius 1 is 1.77 bits per heavy atom. The number of hydrogen-bond acceptors (Lipinski definition) is 2. The first-order valence-corrected chi connectivity index (χ1v) is 4.06. The van der Waals surface area contributed by atoms with E-state index in [-0.39, 0.29) is 5.91 Å². The van der Waals surface area contributed by atoms with Crippen molar-refractivity contribution in [2.75, 3.05) is 6.54 Å². The summed E-state index contributed by atoms with van der Waals surface area (Å²) in [5, 5.41) is 2.69. The molecule has 0 aliphatic rings. The molecular weight excluding hydrogens is 164 g/mol. The van der Waals surface area contributed by atoms with Gasteiger partial charge in [-0.15, -0.1) is 6.58 Å². The number of aryl methyl sites for hydroxylation is 1. The van der Waals surface area contributed by atoms with Gasteiger partial charge in [-0.05, 0) is 19.1 Å². The average Bonchev–Trinajstić information content (AvgIpc) is 2.15. The molecule has 1 N–H and O–H groups in total. The molecule has 3 heteroatoms. The molecule has 1 amide bonds. The molecule has 0 aliphatic carbocycles. The summed E-state index contributed by atoms with van der Waals surface area (Å²) in [5.41, 5.74) is 1.36. The molecule has 1 heterocycles. The van der Waals surface area contributed by atoms with Crippen molar-refractivity contribution in [3.8, 4) is 0 Å². The second kappa shape index (κ2) is 4.40. The van der Waals surface area contributed by atoms with Crippen LogP contribution in [0.4, 0.5) is 0 Å². The van der Waals surface area contributed by atoms with Crippen LogP contribution < -0.4 is 5.32 Å². The highest BCUT2D eigenvalue weighted by Crippen LogP contribution is 2.02. The molecule has 13 heavy (non-hydrogen) atoms. The summed E-state index contributed by atoms with van der Waals surface area (Å²) in [6.45, 7) is 5.81. The maximum atomic E-state index is 11.4. The number of amides is 1. The van der Waals surface area contributed by atoms with Gasteiger partial charge in [-0.25, -0.2) is 0 Å². The van der Waals surface area contributed by atoms with Crippen LogP contribution in [0.25, 0.3) is 0 Å². The zero-order valence-corrected chi connectivity index (χ0v) is 7.58. The fourth-order valence-corrected chi connectivity index (χ4v) is 0.984. The smallest absolute Gasteiger partial charge is 0.253 e. The van der Waals surface area contributed by atoms with Gasteiger partial charge in [0.05, 0.1) is 5.56 Å². The first-order chi connectivity index (χ1) is 6.25. The van der Waals surface area contributed by atoms with E-state index in [1.54, 1.807) is 24.4 Å². The third kappa shape index (κ3) is 2.40. The fraction of sp³-hybridized carbons (Fsp3) is 0.200. The molecule has 0 spiro atoms. The average molecular weight is 176 g/mol. The Kier molecular flexibility index (Phi) is 3.20. The van der Waals surface area contributed by atoms with E-state index < -0.39 is 0 Å². The monoisotopic (exact) mass is 176 g/mol. The van der Waals surface area contributed by atoms with E-state index in [1.165, 1.54) is 0 Å². The van der Waals surface area contributed by atoms with Crippen LogP contribution in [0.3, 0.4) is 0 Å². The van der Waals surface area contributed by atoms with Crippen LogP contribution in [0.15, 0.2) is 31.0 Å². The number of carbonyl (C=O) groups excluding carboxylic acids is 1. The third-order valence-electron chi connectivity index (χ3n) is 1.66. The van der Waals surface area contributed by atoms with E-state index in [1.807, 2.05) is 6.92 Å². The molecule has 0 bridgehead atoms. The number of aromatic nitrogens is 1. The number of carbonyl (C=O) groups is 1. The van der Waals surface area contributed by atoms with Gasteiger partial charge in [-0.1, -0.05) is 6.08 Å². The second-order valence-electron chi connectivity index (χ2n) is 2.64. The molecule has 0 atom stereocenters. The van der Waals surface area contributed by atoms with E-state index in [9.17, 15) is 4.79 Å². The molecule has 0 saturated carbocycles. The summed E-state index contributed by atoms with van der Waals surface area (Å²) in [4.78, 5) is 15.4. The lowest BCUT2D eigenvalue weighted by Gasteiger charge is -2.03. The molecular formula is C10H12N2O. The summed E-state index contributed by atoms with van der Waals surface area (Å²) in [5.74, 6) is -0.106. The maximum absolute atomic E-state index is 11.4. The Balaban J connectivity index is 2.76. The summed E-state index contributed by atoms with van der Waals surface area (Å²) >= 11 is 0. The third-order valence-corrected chi connectivity index (χ3v) is 1.66. The van der Waals surface area contributed by atoms with Crippen LogP contribution in [0, 0.1) is 6.92 Å². The molecule has 1 aromatic heterocycles. The molecule has 0 fully saturated rings. The number of rotatable bonds is 3. The molecule has 3 nitrogen and oxygen atoms in total. The van der Waals surface area contributed by atoms with Gasteiger partial charge in [0.15, 0.2) is 0 Å². The predicted molar refractivity (Wildman–Crippen MR) is 51.5 cm³/mol. The Morgan fingerprint density at radius 2 is 2.54 bits per heavy atom. The van der Waals surface area contributed by atoms with Gasteiger partial charge < -0.3 is 5.32 Å². The van der Waals surface area contributed by atoms with Gasteiger partial charge in [0.25, 0.3) is 5.91 Å². The number of hydrogen-bond donors (Lipinski definition) is 1. The molecule has 1 rings (SSSR count). The highest BCUT2D eigenvalue weighted by atomic mass is 16.1. The SMILES string of the molecule is C=CCNC(=O)c1cccnc1C. The lowest BCUT2D eigenvalue weighted by molar-refractivity contribution is 0.0957. The molecule has 0 aliphatic heterocycles. The van der Waals surface area contributed by atoms with E-state index in [0.717, 1.165) is 5.69 Å². The van der Waals surface area contributed by atoms with Gasteiger partial charge in [0, 0.05) is 18.4 Å². The van der Waals surface area contributed by atoms with Crippen molar-refractivity contribution in [2.24, 2.45) is 0 Å². The zero-order chi connectivity index (χ0) is 9.68. The molecule has 1 aromatic rings. The van der Waals surface area contributed by atoms with Crippen LogP contribution in [0.5, 0.6) is 0 Å². The lowest BCUT2D eigenvalue weighted by atomic mass is 10.2. The summed E-state index contributed by atoms with van der Waals surface area (Å²) in [6.07, 6.45) is 3.31. The minimum atomic E-state index is -0.106. The number of pyridine rings is 1. The second-order valence-corrected chi connectivity index (χ2v) is 2.64. The summed E-state index contributed by atoms with van der Waals surface area (Å²) < 4.78 is 0. The highest BCUT2D eigenvalue weighted by molar-refractivity contribution is 5.95. The van der Waals surface area contributed by atoms with Crippen molar-refractivity contribution in [3.63, 3.8) is 0 Å². The molecule has 0 unspecified atom stereocenters. The Hall–Kier alpha value is -1.64. The minimum absolute atomic E-state index is 0.106. The normalized spacial score (nSPS) is 9.31. The first kappa shape index (κ1) is 9.45. The molecule has 0 radical (unpaired) electrons. The fourth-order valence-electron chi connectivity index (χ4n) is 0.984. The predicted octanol–water partition coefficient (Wildman–Crippen LogP) is 1.31. The van der Waals surface area contributed by atoms with Crippen molar-refractivity contribution in [2.45, 2.75) is 6.92 Å². The van der Waals surface area contributed by atoms with Gasteiger partial charge in [-0.3, -0.25) is 9.78 Å². The van der Waals surface area contributed by atoms with E-state index in [4.69, 9.17) is 0 Å². The summed E-state index contributed by atoms with van der Waals surface area (Å²) in [6, 6.07) is 3.50. The van der Waals surface area contributed by atoms with Crippen molar-refractivity contribution in [1.82, 2.24) is 10.3 Å². The zero-order valence-electron chi connectivity index (χ0n) is 7.58. The highest BCUT2D eigenvalue weighted by Gasteiger charge is 2.06. The Labute approximate surface area is 77.5 Å². The Morgan fingerprint density at radius 3 is 3.15 bits per heavy atom. The van der Waals surface area contributed by atoms with Crippen molar-refractivity contribution in [1.29, 1.82) is 0 Å². The largest absolute Gasteiger partial charge is 0.349 e. The quantitative estimate of drug-likeness (QED) is 0.705. The standard InChI is InChI=1S/C10H12N2O/c1-3-6-12-10(13)9-5-4-7-11-8(9)2/h3-5,7H,1,6H2,2H3,(H,12,13). The topological polar surface area (TPSA) is 42.0 Å². The van der Waals surface area contributed by atoms with Crippen LogP contribution in [-0.2, 0) is 0 Å². The van der Waals surface area contributed by atoms with Crippen molar-refractivity contribution >= 4 is 5.91 Å². The summed E-state index contributed by atoms with van der Waals surface area (Å²) in [7, 11) is 0. The Bertz CT molecular complexity index is 320. The van der Waals surface area contributed by atoms with Gasteiger partial charge in [0.2, 0.25) is 0 Å². The van der Waals surface area contributed by atoms with Crippen LogP contribution in [-0.4, -0.2) is 17.4 Å². The van der Waals surface area contributed by atoms with Crippen LogP contribution in [0.2, 0.25) is 0 Å². The van der Waals surface area contributed by atoms with E-state index in [0.29, 0.717) is 12.1 Å². The minimum Gasteiger partial charge on any atom is -0.349 e. The maximum Gasteiger partial charge on any atom is 0.253 e. The number of nitrogens with one attached hydrogen (secondary N) is 1. The molecule has 68 valence electrons. The van der Waals surface area contributed by atoms with E-state index >= 15 is 0 Å². The van der Waals surface area contributed by atoms with E-state index in [2.05, 4.69) is 16.9 Å². The first-order valence-electron chi connectivity index (χ1n) is 4.06. The van der Waals surface area contributed by atoms with Gasteiger partial charge in [-0.2, -0.15) is 0 Å². The lowest BCUT2D eigenvalue weighted by Crippen LogP contribution is -2.24. The van der Waals surface area contributed by atoms with Crippen molar-refractivity contribution in [3.05, 3.63) is 42.2 Å². The van der Waals surface area contributed by atoms with Crippen molar-refractivity contribution < 1.29 is 4.79 Å². The molecule has 0 aromatic carbocycles. The van der Waals surface area contributed by atoms with Gasteiger partial charge in [0.1, 0.15) is 0 Å². The molecule has 0 saturated heterocycles. The number of nitrogens with zero attached hydrogens (tertiary/aromatic N) is 1. The van der Waals surface area contributed by atoms with Gasteiger partial charge >= 0.3 is 0 Å².